The van der Waals surface area contributed by atoms with Gasteiger partial charge in [-0.05, 0) is 67.1 Å². The van der Waals surface area contributed by atoms with Gasteiger partial charge >= 0.3 is 10.1 Å². The van der Waals surface area contributed by atoms with Crippen LogP contribution in [-0.2, 0) is 14.9 Å². The second-order valence-electron chi connectivity index (χ2n) is 6.97. The first kappa shape index (κ1) is 25.6. The van der Waals surface area contributed by atoms with Crippen LogP contribution < -0.4 is 19.0 Å². The first-order valence-electron chi connectivity index (χ1n) is 10.3. The Morgan fingerprint density at radius 2 is 1.80 bits per heavy atom. The van der Waals surface area contributed by atoms with Gasteiger partial charge in [-0.2, -0.15) is 13.7 Å². The topological polar surface area (TPSA) is 115 Å². The number of hydrogen-bond acceptors (Lipinski definition) is 7. The van der Waals surface area contributed by atoms with Crippen molar-refractivity contribution in [1.82, 2.24) is 0 Å². The van der Waals surface area contributed by atoms with E-state index in [9.17, 15) is 18.5 Å². The fourth-order valence-electron chi connectivity index (χ4n) is 2.95. The monoisotopic (exact) mass is 512 g/mol. The molecule has 0 fully saturated rings. The van der Waals surface area contributed by atoms with Crippen LogP contribution in [0.25, 0.3) is 6.08 Å². The Hall–Kier alpha value is -4.00. The first-order valence-corrected chi connectivity index (χ1v) is 12.1. The number of nitriles is 1. The molecule has 8 nitrogen and oxygen atoms in total. The van der Waals surface area contributed by atoms with Crippen LogP contribution in [0, 0.1) is 11.3 Å². The second-order valence-corrected chi connectivity index (χ2v) is 8.92. The summed E-state index contributed by atoms with van der Waals surface area (Å²) < 4.78 is 41.2. The predicted molar refractivity (Wildman–Crippen MR) is 132 cm³/mol. The lowest BCUT2D eigenvalue weighted by Gasteiger charge is -2.14. The Labute approximate surface area is 208 Å². The number of carbonyl (C=O) groups is 1. The molecule has 0 saturated carbocycles. The number of rotatable bonds is 9. The zero-order valence-corrected chi connectivity index (χ0v) is 20.4. The third kappa shape index (κ3) is 6.53. The van der Waals surface area contributed by atoms with Gasteiger partial charge in [0.25, 0.3) is 5.91 Å². The third-order valence-corrected chi connectivity index (χ3v) is 6.10. The van der Waals surface area contributed by atoms with Crippen LogP contribution in [0.2, 0.25) is 5.02 Å². The highest BCUT2D eigenvalue weighted by Crippen LogP contribution is 2.39. The van der Waals surface area contributed by atoms with Gasteiger partial charge in [0.2, 0.25) is 5.75 Å². The smallest absolute Gasteiger partial charge is 0.339 e. The fourth-order valence-corrected chi connectivity index (χ4v) is 4.23. The molecule has 180 valence electrons. The molecule has 35 heavy (non-hydrogen) atoms. The van der Waals surface area contributed by atoms with Gasteiger partial charge in [-0.15, -0.1) is 0 Å². The van der Waals surface area contributed by atoms with Crippen LogP contribution in [0.3, 0.4) is 0 Å². The summed E-state index contributed by atoms with van der Waals surface area (Å²) in [6.45, 7) is 1.89. The van der Waals surface area contributed by atoms with Crippen molar-refractivity contribution in [1.29, 1.82) is 5.26 Å². The Bertz CT molecular complexity index is 1380. The highest BCUT2D eigenvalue weighted by Gasteiger charge is 2.22. The molecule has 0 aliphatic heterocycles. The molecule has 0 spiro atoms. The van der Waals surface area contributed by atoms with E-state index in [1.807, 2.05) is 6.07 Å². The average molecular weight is 513 g/mol. The van der Waals surface area contributed by atoms with Crippen LogP contribution in [0.15, 0.2) is 77.2 Å². The predicted octanol–water partition coefficient (Wildman–Crippen LogP) is 5.06. The van der Waals surface area contributed by atoms with Gasteiger partial charge < -0.3 is 19.0 Å². The molecule has 0 bridgehead atoms. The maximum atomic E-state index is 12.7. The molecule has 0 aliphatic carbocycles. The van der Waals surface area contributed by atoms with E-state index in [1.54, 1.807) is 49.4 Å². The van der Waals surface area contributed by atoms with Crippen molar-refractivity contribution in [2.45, 2.75) is 11.8 Å². The van der Waals surface area contributed by atoms with E-state index in [4.69, 9.17) is 25.3 Å². The van der Waals surface area contributed by atoms with Crippen LogP contribution in [0.5, 0.6) is 17.2 Å². The number of methoxy groups -OCH3 is 1. The van der Waals surface area contributed by atoms with Crippen LogP contribution in [0.4, 0.5) is 5.69 Å². The number of hydrogen-bond donors (Lipinski definition) is 1. The number of halogens is 1. The first-order chi connectivity index (χ1) is 16.8. The largest absolute Gasteiger partial charge is 0.497 e. The normalized spacial score (nSPS) is 11.3. The van der Waals surface area contributed by atoms with Crippen LogP contribution in [0.1, 0.15) is 12.5 Å². The quantitative estimate of drug-likeness (QED) is 0.242. The lowest BCUT2D eigenvalue weighted by Crippen LogP contribution is -2.13. The molecule has 10 heteroatoms. The number of amides is 1. The standard InChI is InChI=1S/C25H21ClN2O6S/c1-3-33-23-15-17(13-18(16-27)25(29)28-19-9-11-20(32-2)12-10-19)14-22(26)24(23)34-35(30,31)21-7-5-4-6-8-21/h4-15H,3H2,1-2H3,(H,28,29)/b18-13+. The highest BCUT2D eigenvalue weighted by atomic mass is 35.5. The summed E-state index contributed by atoms with van der Waals surface area (Å²) in [7, 11) is -2.65. The molecular formula is C25H21ClN2O6S. The van der Waals surface area contributed by atoms with E-state index in [0.717, 1.165) is 0 Å². The van der Waals surface area contributed by atoms with Gasteiger partial charge in [-0.1, -0.05) is 29.8 Å². The number of ether oxygens (including phenoxy) is 2. The summed E-state index contributed by atoms with van der Waals surface area (Å²) in [5.41, 5.74) is 0.606. The minimum Gasteiger partial charge on any atom is -0.497 e. The molecule has 0 aromatic heterocycles. The number of nitrogens with zero attached hydrogens (tertiary/aromatic N) is 1. The summed E-state index contributed by atoms with van der Waals surface area (Å²) in [4.78, 5) is 12.6. The Morgan fingerprint density at radius 3 is 2.40 bits per heavy atom. The lowest BCUT2D eigenvalue weighted by molar-refractivity contribution is -0.112. The van der Waals surface area contributed by atoms with Crippen LogP contribution in [-0.4, -0.2) is 28.0 Å². The van der Waals surface area contributed by atoms with E-state index in [1.165, 1.54) is 37.5 Å². The molecule has 0 atom stereocenters. The molecule has 3 rings (SSSR count). The molecule has 0 aliphatic rings. The molecule has 3 aromatic rings. The SMILES string of the molecule is CCOc1cc(/C=C(\C#N)C(=O)Nc2ccc(OC)cc2)cc(Cl)c1OS(=O)(=O)c1ccccc1. The van der Waals surface area contributed by atoms with Gasteiger partial charge in [0.05, 0.1) is 18.7 Å². The van der Waals surface area contributed by atoms with Crippen LogP contribution >= 0.6 is 11.6 Å². The van der Waals surface area contributed by atoms with Crippen molar-refractivity contribution >= 4 is 39.4 Å². The second kappa shape index (κ2) is 11.4. The van der Waals surface area contributed by atoms with Gasteiger partial charge in [-0.3, -0.25) is 4.79 Å². The number of anilines is 1. The molecule has 1 amide bonds. The summed E-state index contributed by atoms with van der Waals surface area (Å²) >= 11 is 6.33. The summed E-state index contributed by atoms with van der Waals surface area (Å²) in [6, 6.07) is 18.9. The summed E-state index contributed by atoms with van der Waals surface area (Å²) in [6.07, 6.45) is 1.31. The Balaban J connectivity index is 1.91. The minimum atomic E-state index is -4.18. The van der Waals surface area contributed by atoms with Crippen molar-refractivity contribution in [2.24, 2.45) is 0 Å². The van der Waals surface area contributed by atoms with Gasteiger partial charge in [0.15, 0.2) is 5.75 Å². The van der Waals surface area contributed by atoms with E-state index < -0.39 is 16.0 Å². The van der Waals surface area contributed by atoms with E-state index in [2.05, 4.69) is 5.32 Å². The molecule has 0 saturated heterocycles. The van der Waals surface area contributed by atoms with E-state index in [-0.39, 0.29) is 33.6 Å². The minimum absolute atomic E-state index is 0.0404. The van der Waals surface area contributed by atoms with Gasteiger partial charge in [-0.25, -0.2) is 0 Å². The number of carbonyl (C=O) groups excluding carboxylic acids is 1. The van der Waals surface area contributed by atoms with Gasteiger partial charge in [0, 0.05) is 5.69 Å². The molecule has 1 N–H and O–H groups in total. The maximum Gasteiger partial charge on any atom is 0.339 e. The number of benzene rings is 3. The lowest BCUT2D eigenvalue weighted by atomic mass is 10.1. The van der Waals surface area contributed by atoms with Crippen molar-refractivity contribution < 1.29 is 26.9 Å². The van der Waals surface area contributed by atoms with Gasteiger partial charge in [0.1, 0.15) is 22.3 Å². The summed E-state index contributed by atoms with van der Waals surface area (Å²) in [5.74, 6) is -0.179. The van der Waals surface area contributed by atoms with Crippen molar-refractivity contribution in [3.63, 3.8) is 0 Å². The average Bonchev–Trinajstić information content (AvgIpc) is 2.85. The fraction of sp³-hybridized carbons (Fsp3) is 0.120. The van der Waals surface area contributed by atoms with Crippen molar-refractivity contribution in [3.05, 3.63) is 82.9 Å². The third-order valence-electron chi connectivity index (χ3n) is 4.58. The zero-order valence-electron chi connectivity index (χ0n) is 18.8. The summed E-state index contributed by atoms with van der Waals surface area (Å²) in [5, 5.41) is 12.1. The molecule has 0 heterocycles. The zero-order chi connectivity index (χ0) is 25.4. The van der Waals surface area contributed by atoms with E-state index >= 15 is 0 Å². The van der Waals surface area contributed by atoms with E-state index in [0.29, 0.717) is 17.0 Å². The Kier molecular flexibility index (Phi) is 8.36. The van der Waals surface area contributed by atoms with Crippen molar-refractivity contribution in [3.8, 4) is 23.3 Å². The Morgan fingerprint density at radius 1 is 1.11 bits per heavy atom. The molecular weight excluding hydrogens is 492 g/mol. The molecule has 0 unspecified atom stereocenters. The number of nitrogens with one attached hydrogen (secondary N) is 1. The van der Waals surface area contributed by atoms with Crippen molar-refractivity contribution in [2.75, 3.05) is 19.0 Å². The highest BCUT2D eigenvalue weighted by molar-refractivity contribution is 7.87. The molecule has 3 aromatic carbocycles. The maximum absolute atomic E-state index is 12.7. The molecule has 0 radical (unpaired) electrons.